The molecule has 0 bridgehead atoms. The summed E-state index contributed by atoms with van der Waals surface area (Å²) in [5.74, 6) is -0.989. The van der Waals surface area contributed by atoms with Crippen molar-refractivity contribution in [3.8, 4) is 0 Å². The molecular weight excluding hydrogens is 323 g/mol. The minimum absolute atomic E-state index is 0.417. The minimum atomic E-state index is -0.803. The average Bonchev–Trinajstić information content (AvgIpc) is 2.41. The highest BCUT2D eigenvalue weighted by molar-refractivity contribution is 9.10. The third-order valence-corrected chi connectivity index (χ3v) is 3.64. The summed E-state index contributed by atoms with van der Waals surface area (Å²) in [6, 6.07) is 10.9. The Morgan fingerprint density at radius 1 is 1.25 bits per heavy atom. The van der Waals surface area contributed by atoms with Crippen LogP contribution in [-0.4, -0.2) is 5.91 Å². The molecule has 0 spiro atoms. The lowest BCUT2D eigenvalue weighted by molar-refractivity contribution is -0.118. The van der Waals surface area contributed by atoms with Crippen LogP contribution in [0.2, 0.25) is 0 Å². The summed E-state index contributed by atoms with van der Waals surface area (Å²) in [6.45, 7) is 1.97. The van der Waals surface area contributed by atoms with E-state index in [1.165, 1.54) is 12.1 Å². The molecule has 1 unspecified atom stereocenters. The number of hydrogen-bond donors (Lipinski definition) is 2. The molecule has 0 radical (unpaired) electrons. The van der Waals surface area contributed by atoms with Crippen LogP contribution < -0.4 is 11.1 Å². The molecule has 0 saturated heterocycles. The first-order valence-corrected chi connectivity index (χ1v) is 6.84. The Morgan fingerprint density at radius 2 is 1.90 bits per heavy atom. The van der Waals surface area contributed by atoms with Crippen molar-refractivity contribution < 1.29 is 9.18 Å². The van der Waals surface area contributed by atoms with Crippen LogP contribution in [0.3, 0.4) is 0 Å². The minimum Gasteiger partial charge on any atom is -0.370 e. The van der Waals surface area contributed by atoms with Gasteiger partial charge in [-0.1, -0.05) is 33.6 Å². The fourth-order valence-electron chi connectivity index (χ4n) is 1.85. The number of carbonyl (C=O) groups is 1. The Balaban J connectivity index is 2.34. The number of anilines is 1. The monoisotopic (exact) mass is 336 g/mol. The first-order chi connectivity index (χ1) is 9.47. The predicted molar refractivity (Wildman–Crippen MR) is 80.8 cm³/mol. The number of amides is 1. The first-order valence-electron chi connectivity index (χ1n) is 6.05. The molecule has 104 valence electrons. The molecule has 0 aliphatic heterocycles. The van der Waals surface area contributed by atoms with Gasteiger partial charge in [0.25, 0.3) is 0 Å². The Kier molecular flexibility index (Phi) is 4.39. The number of primary amides is 1. The number of benzene rings is 2. The number of rotatable bonds is 4. The van der Waals surface area contributed by atoms with Gasteiger partial charge >= 0.3 is 0 Å². The maximum atomic E-state index is 13.4. The SMILES string of the molecule is Cc1ccc(NC(C(N)=O)c2cc(F)ccc2Br)cc1. The quantitative estimate of drug-likeness (QED) is 0.897. The van der Waals surface area contributed by atoms with E-state index < -0.39 is 17.8 Å². The Morgan fingerprint density at radius 3 is 2.50 bits per heavy atom. The van der Waals surface area contributed by atoms with Crippen molar-refractivity contribution in [1.82, 2.24) is 0 Å². The first kappa shape index (κ1) is 14.5. The highest BCUT2D eigenvalue weighted by Crippen LogP contribution is 2.27. The number of carbonyl (C=O) groups excluding carboxylic acids is 1. The lowest BCUT2D eigenvalue weighted by Crippen LogP contribution is -2.28. The number of nitrogens with two attached hydrogens (primary N) is 1. The summed E-state index contributed by atoms with van der Waals surface area (Å²) in [7, 11) is 0. The number of hydrogen-bond acceptors (Lipinski definition) is 2. The maximum absolute atomic E-state index is 13.4. The van der Waals surface area contributed by atoms with Crippen LogP contribution in [-0.2, 0) is 4.79 Å². The van der Waals surface area contributed by atoms with Gasteiger partial charge in [0.15, 0.2) is 0 Å². The van der Waals surface area contributed by atoms with Crippen LogP contribution in [0.1, 0.15) is 17.2 Å². The molecular formula is C15H14BrFN2O. The Hall–Kier alpha value is -1.88. The highest BCUT2D eigenvalue weighted by atomic mass is 79.9. The second kappa shape index (κ2) is 6.05. The number of nitrogens with one attached hydrogen (secondary N) is 1. The molecule has 20 heavy (non-hydrogen) atoms. The van der Waals surface area contributed by atoms with Crippen molar-refractivity contribution >= 4 is 27.5 Å². The molecule has 0 saturated carbocycles. The maximum Gasteiger partial charge on any atom is 0.244 e. The molecule has 0 heterocycles. The van der Waals surface area contributed by atoms with Gasteiger partial charge in [-0.15, -0.1) is 0 Å². The fourth-order valence-corrected chi connectivity index (χ4v) is 2.33. The van der Waals surface area contributed by atoms with Crippen molar-refractivity contribution in [2.75, 3.05) is 5.32 Å². The molecule has 3 nitrogen and oxygen atoms in total. The van der Waals surface area contributed by atoms with Crippen LogP contribution in [0, 0.1) is 12.7 Å². The van der Waals surface area contributed by atoms with E-state index in [4.69, 9.17) is 5.73 Å². The number of aryl methyl sites for hydroxylation is 1. The van der Waals surface area contributed by atoms with E-state index in [1.54, 1.807) is 6.07 Å². The molecule has 1 atom stereocenters. The molecule has 0 aliphatic carbocycles. The molecule has 2 aromatic carbocycles. The van der Waals surface area contributed by atoms with E-state index in [0.29, 0.717) is 10.0 Å². The molecule has 0 aromatic heterocycles. The standard InChI is InChI=1S/C15H14BrFN2O/c1-9-2-5-11(6-3-9)19-14(15(18)20)12-8-10(17)4-7-13(12)16/h2-8,14,19H,1H3,(H2,18,20). The highest BCUT2D eigenvalue weighted by Gasteiger charge is 2.20. The molecule has 0 fully saturated rings. The van der Waals surface area contributed by atoms with Gasteiger partial charge in [-0.25, -0.2) is 4.39 Å². The fraction of sp³-hybridized carbons (Fsp3) is 0.133. The zero-order valence-electron chi connectivity index (χ0n) is 10.9. The van der Waals surface area contributed by atoms with E-state index >= 15 is 0 Å². The summed E-state index contributed by atoms with van der Waals surface area (Å²) >= 11 is 3.31. The van der Waals surface area contributed by atoms with Gasteiger partial charge in [0, 0.05) is 15.7 Å². The van der Waals surface area contributed by atoms with E-state index in [2.05, 4.69) is 21.2 Å². The van der Waals surface area contributed by atoms with Gasteiger partial charge in [-0.05, 0) is 37.3 Å². The summed E-state index contributed by atoms with van der Waals surface area (Å²) in [5.41, 5.74) is 7.75. The zero-order valence-corrected chi connectivity index (χ0v) is 12.4. The van der Waals surface area contributed by atoms with Gasteiger partial charge in [0.1, 0.15) is 11.9 Å². The molecule has 2 rings (SSSR count). The van der Waals surface area contributed by atoms with Gasteiger partial charge in [-0.2, -0.15) is 0 Å². The zero-order chi connectivity index (χ0) is 14.7. The third kappa shape index (κ3) is 3.36. The normalized spacial score (nSPS) is 11.9. The molecule has 2 aromatic rings. The van der Waals surface area contributed by atoms with Crippen molar-refractivity contribution in [2.45, 2.75) is 13.0 Å². The Labute approximate surface area is 125 Å². The molecule has 5 heteroatoms. The van der Waals surface area contributed by atoms with E-state index in [1.807, 2.05) is 31.2 Å². The molecule has 1 amide bonds. The van der Waals surface area contributed by atoms with Crippen LogP contribution in [0.4, 0.5) is 10.1 Å². The van der Waals surface area contributed by atoms with Crippen molar-refractivity contribution in [3.05, 3.63) is 63.9 Å². The van der Waals surface area contributed by atoms with Crippen LogP contribution >= 0.6 is 15.9 Å². The topological polar surface area (TPSA) is 55.1 Å². The summed E-state index contributed by atoms with van der Waals surface area (Å²) < 4.78 is 14.0. The van der Waals surface area contributed by atoms with Crippen LogP contribution in [0.5, 0.6) is 0 Å². The van der Waals surface area contributed by atoms with Gasteiger partial charge in [-0.3, -0.25) is 4.79 Å². The van der Waals surface area contributed by atoms with Crippen LogP contribution in [0.15, 0.2) is 46.9 Å². The van der Waals surface area contributed by atoms with Gasteiger partial charge < -0.3 is 11.1 Å². The van der Waals surface area contributed by atoms with E-state index in [0.717, 1.165) is 11.3 Å². The summed E-state index contributed by atoms with van der Waals surface area (Å²) in [5, 5.41) is 3.02. The van der Waals surface area contributed by atoms with Crippen molar-refractivity contribution in [2.24, 2.45) is 5.73 Å². The van der Waals surface area contributed by atoms with Crippen LogP contribution in [0.25, 0.3) is 0 Å². The second-order valence-electron chi connectivity index (χ2n) is 4.51. The predicted octanol–water partition coefficient (Wildman–Crippen LogP) is 3.54. The van der Waals surface area contributed by atoms with Gasteiger partial charge in [0.2, 0.25) is 5.91 Å². The summed E-state index contributed by atoms with van der Waals surface area (Å²) in [4.78, 5) is 11.7. The average molecular weight is 337 g/mol. The number of halogens is 2. The van der Waals surface area contributed by atoms with Crippen molar-refractivity contribution in [3.63, 3.8) is 0 Å². The summed E-state index contributed by atoms with van der Waals surface area (Å²) in [6.07, 6.45) is 0. The largest absolute Gasteiger partial charge is 0.370 e. The molecule has 3 N–H and O–H groups in total. The third-order valence-electron chi connectivity index (χ3n) is 2.92. The molecule has 0 aliphatic rings. The smallest absolute Gasteiger partial charge is 0.244 e. The Bertz CT molecular complexity index is 628. The van der Waals surface area contributed by atoms with E-state index in [-0.39, 0.29) is 0 Å². The lowest BCUT2D eigenvalue weighted by Gasteiger charge is -2.18. The lowest BCUT2D eigenvalue weighted by atomic mass is 10.1. The van der Waals surface area contributed by atoms with Crippen molar-refractivity contribution in [1.29, 1.82) is 0 Å². The van der Waals surface area contributed by atoms with Gasteiger partial charge in [0.05, 0.1) is 0 Å². The second-order valence-corrected chi connectivity index (χ2v) is 5.37. The van der Waals surface area contributed by atoms with E-state index in [9.17, 15) is 9.18 Å².